The predicted molar refractivity (Wildman–Crippen MR) is 84.6 cm³/mol. The highest BCUT2D eigenvalue weighted by molar-refractivity contribution is 9.10. The van der Waals surface area contributed by atoms with Crippen LogP contribution in [0.15, 0.2) is 27.6 Å². The van der Waals surface area contributed by atoms with Crippen molar-refractivity contribution in [1.82, 2.24) is 9.21 Å². The second-order valence-electron chi connectivity index (χ2n) is 5.11. The quantitative estimate of drug-likeness (QED) is 0.808. The van der Waals surface area contributed by atoms with E-state index in [1.807, 2.05) is 0 Å². The normalized spacial score (nSPS) is 18.6. The Balaban J connectivity index is 2.17. The number of halogens is 2. The molecule has 112 valence electrons. The Morgan fingerprint density at radius 3 is 2.30 bits per heavy atom. The van der Waals surface area contributed by atoms with Crippen molar-refractivity contribution in [3.63, 3.8) is 0 Å². The lowest BCUT2D eigenvalue weighted by atomic mass is 10.3. The van der Waals surface area contributed by atoms with Crippen LogP contribution in [-0.2, 0) is 10.0 Å². The van der Waals surface area contributed by atoms with Crippen molar-refractivity contribution in [2.75, 3.05) is 26.2 Å². The van der Waals surface area contributed by atoms with Gasteiger partial charge >= 0.3 is 0 Å². The van der Waals surface area contributed by atoms with Crippen molar-refractivity contribution in [2.24, 2.45) is 0 Å². The van der Waals surface area contributed by atoms with E-state index in [-0.39, 0.29) is 4.90 Å². The lowest BCUT2D eigenvalue weighted by Crippen LogP contribution is -2.50. The van der Waals surface area contributed by atoms with Crippen LogP contribution in [0.3, 0.4) is 0 Å². The molecule has 0 aromatic heterocycles. The van der Waals surface area contributed by atoms with Crippen LogP contribution in [0, 0.1) is 0 Å². The number of benzene rings is 1. The minimum absolute atomic E-state index is 0.284. The summed E-state index contributed by atoms with van der Waals surface area (Å²) in [6, 6.07) is 5.16. The zero-order valence-corrected chi connectivity index (χ0v) is 14.7. The molecule has 0 atom stereocenters. The summed E-state index contributed by atoms with van der Waals surface area (Å²) in [6.07, 6.45) is 0. The molecule has 1 saturated heterocycles. The smallest absolute Gasteiger partial charge is 0.243 e. The zero-order chi connectivity index (χ0) is 14.9. The van der Waals surface area contributed by atoms with Gasteiger partial charge in [-0.1, -0.05) is 11.6 Å². The second-order valence-corrected chi connectivity index (χ2v) is 8.31. The average Bonchev–Trinajstić information content (AvgIpc) is 2.41. The molecule has 0 radical (unpaired) electrons. The fourth-order valence-electron chi connectivity index (χ4n) is 2.25. The van der Waals surface area contributed by atoms with E-state index in [9.17, 15) is 8.42 Å². The number of nitrogens with zero attached hydrogens (tertiary/aromatic N) is 2. The van der Waals surface area contributed by atoms with Gasteiger partial charge in [0.2, 0.25) is 10.0 Å². The largest absolute Gasteiger partial charge is 0.298 e. The molecule has 1 fully saturated rings. The van der Waals surface area contributed by atoms with Crippen molar-refractivity contribution in [1.29, 1.82) is 0 Å². The number of hydrogen-bond acceptors (Lipinski definition) is 3. The van der Waals surface area contributed by atoms with Crippen molar-refractivity contribution in [3.05, 3.63) is 27.7 Å². The monoisotopic (exact) mass is 380 g/mol. The maximum Gasteiger partial charge on any atom is 0.243 e. The molecule has 0 spiro atoms. The minimum atomic E-state index is -3.43. The first-order valence-corrected chi connectivity index (χ1v) is 9.12. The first-order valence-electron chi connectivity index (χ1n) is 6.51. The van der Waals surface area contributed by atoms with E-state index in [0.29, 0.717) is 28.6 Å². The topological polar surface area (TPSA) is 40.6 Å². The molecule has 0 saturated carbocycles. The molecule has 0 bridgehead atoms. The minimum Gasteiger partial charge on any atom is -0.298 e. The molecule has 0 N–H and O–H groups in total. The van der Waals surface area contributed by atoms with Crippen LogP contribution >= 0.6 is 27.5 Å². The van der Waals surface area contributed by atoms with Crippen LogP contribution in [0.2, 0.25) is 5.02 Å². The Morgan fingerprint density at radius 2 is 1.80 bits per heavy atom. The summed E-state index contributed by atoms with van der Waals surface area (Å²) in [5.41, 5.74) is 0. The number of rotatable bonds is 3. The maximum absolute atomic E-state index is 12.6. The van der Waals surface area contributed by atoms with Crippen LogP contribution in [0.25, 0.3) is 0 Å². The van der Waals surface area contributed by atoms with E-state index < -0.39 is 10.0 Å². The molecule has 1 heterocycles. The summed E-state index contributed by atoms with van der Waals surface area (Å²) in [5.74, 6) is 0. The van der Waals surface area contributed by atoms with Gasteiger partial charge in [0.05, 0.1) is 9.92 Å². The molecule has 0 unspecified atom stereocenters. The first kappa shape index (κ1) is 16.2. The van der Waals surface area contributed by atoms with E-state index in [2.05, 4.69) is 34.7 Å². The molecule has 2 rings (SSSR count). The third kappa shape index (κ3) is 3.36. The summed E-state index contributed by atoms with van der Waals surface area (Å²) in [4.78, 5) is 2.57. The van der Waals surface area contributed by atoms with Crippen molar-refractivity contribution < 1.29 is 8.42 Å². The average molecular weight is 382 g/mol. The van der Waals surface area contributed by atoms with Gasteiger partial charge in [0.1, 0.15) is 0 Å². The molecular weight excluding hydrogens is 364 g/mol. The summed E-state index contributed by atoms with van der Waals surface area (Å²) >= 11 is 9.18. The van der Waals surface area contributed by atoms with Gasteiger partial charge in [-0.15, -0.1) is 0 Å². The van der Waals surface area contributed by atoms with Gasteiger partial charge in [-0.05, 0) is 48.0 Å². The summed E-state index contributed by atoms with van der Waals surface area (Å²) in [6.45, 7) is 6.85. The molecular formula is C13H18BrClN2O2S. The third-order valence-electron chi connectivity index (χ3n) is 3.53. The van der Waals surface area contributed by atoms with Gasteiger partial charge in [0.25, 0.3) is 0 Å². The molecule has 1 aromatic rings. The van der Waals surface area contributed by atoms with Gasteiger partial charge in [0, 0.05) is 36.7 Å². The van der Waals surface area contributed by atoms with Crippen LogP contribution in [0.1, 0.15) is 13.8 Å². The van der Waals surface area contributed by atoms with Crippen LogP contribution in [0.4, 0.5) is 0 Å². The Kier molecular flexibility index (Phi) is 5.13. The Morgan fingerprint density at radius 1 is 1.20 bits per heavy atom. The molecule has 20 heavy (non-hydrogen) atoms. The number of sulfonamides is 1. The predicted octanol–water partition coefficient (Wildman–Crippen LogP) is 2.82. The van der Waals surface area contributed by atoms with Crippen molar-refractivity contribution >= 4 is 37.6 Å². The fraction of sp³-hybridized carbons (Fsp3) is 0.538. The lowest BCUT2D eigenvalue weighted by Gasteiger charge is -2.36. The highest BCUT2D eigenvalue weighted by Gasteiger charge is 2.29. The number of hydrogen-bond donors (Lipinski definition) is 0. The van der Waals surface area contributed by atoms with E-state index >= 15 is 0 Å². The standard InChI is InChI=1S/C13H18BrClN2O2S/c1-10(2)16-5-7-17(8-6-16)20(18,19)11-3-4-13(15)12(14)9-11/h3-4,9-10H,5-8H2,1-2H3. The van der Waals surface area contributed by atoms with Gasteiger partial charge in [-0.3, -0.25) is 4.90 Å². The Hall–Kier alpha value is -0.140. The van der Waals surface area contributed by atoms with E-state index in [0.717, 1.165) is 13.1 Å². The lowest BCUT2D eigenvalue weighted by molar-refractivity contribution is 0.154. The Bertz CT molecular complexity index is 584. The van der Waals surface area contributed by atoms with E-state index in [1.54, 1.807) is 22.5 Å². The first-order chi connectivity index (χ1) is 9.32. The molecule has 1 aliphatic heterocycles. The molecule has 1 aliphatic rings. The molecule has 4 nitrogen and oxygen atoms in total. The Labute approximate surface area is 133 Å². The summed E-state index contributed by atoms with van der Waals surface area (Å²) in [5, 5.41) is 0.508. The second kappa shape index (κ2) is 6.32. The van der Waals surface area contributed by atoms with Gasteiger partial charge < -0.3 is 0 Å². The molecule has 7 heteroatoms. The van der Waals surface area contributed by atoms with Crippen molar-refractivity contribution in [3.8, 4) is 0 Å². The highest BCUT2D eigenvalue weighted by Crippen LogP contribution is 2.27. The highest BCUT2D eigenvalue weighted by atomic mass is 79.9. The summed E-state index contributed by atoms with van der Waals surface area (Å²) < 4.78 is 27.3. The van der Waals surface area contributed by atoms with Crippen LogP contribution in [0.5, 0.6) is 0 Å². The number of piperazine rings is 1. The van der Waals surface area contributed by atoms with Gasteiger partial charge in [-0.2, -0.15) is 4.31 Å². The maximum atomic E-state index is 12.6. The third-order valence-corrected chi connectivity index (χ3v) is 6.64. The summed E-state index contributed by atoms with van der Waals surface area (Å²) in [7, 11) is -3.43. The van der Waals surface area contributed by atoms with Crippen molar-refractivity contribution in [2.45, 2.75) is 24.8 Å². The van der Waals surface area contributed by atoms with Crippen LogP contribution < -0.4 is 0 Å². The fourth-order valence-corrected chi connectivity index (χ4v) is 4.34. The van der Waals surface area contributed by atoms with Crippen LogP contribution in [-0.4, -0.2) is 49.8 Å². The van der Waals surface area contributed by atoms with Gasteiger partial charge in [-0.25, -0.2) is 8.42 Å². The van der Waals surface area contributed by atoms with E-state index in [1.165, 1.54) is 0 Å². The van der Waals surface area contributed by atoms with E-state index in [4.69, 9.17) is 11.6 Å². The zero-order valence-electron chi connectivity index (χ0n) is 11.5. The molecule has 1 aromatic carbocycles. The van der Waals surface area contributed by atoms with Gasteiger partial charge in [0.15, 0.2) is 0 Å². The molecule has 0 amide bonds. The SMILES string of the molecule is CC(C)N1CCN(S(=O)(=O)c2ccc(Cl)c(Br)c2)CC1. The molecule has 0 aliphatic carbocycles.